The predicted molar refractivity (Wildman–Crippen MR) is 135 cm³/mol. The molecule has 8 atom stereocenters. The highest BCUT2D eigenvalue weighted by atomic mass is 31.1. The van der Waals surface area contributed by atoms with Gasteiger partial charge in [0.25, 0.3) is 5.52 Å². The predicted octanol–water partition coefficient (Wildman–Crippen LogP) is 5.94. The van der Waals surface area contributed by atoms with E-state index in [9.17, 15) is 22.4 Å². The standard InChI is InChI=1S/C23H31F3NO2P.C4H3FN2/c1-14-10-21(20(27-14)12-29-17-8-9-18-15(2)19(18)11-17)30(22(28)23(24,25)26)13-16-6-4-3-5-7-16;5-4-1-6-3-7-2-4/h3-7,14-15,17-21,27H,8-13H2,1-2H3;1-3H/t14?,15-,17?,18?,19?,20?,21?,30?;/m1./s1. The summed E-state index contributed by atoms with van der Waals surface area (Å²) in [6.45, 7) is 4.68. The molecule has 0 radical (unpaired) electrons. The Hall–Kier alpha value is -1.96. The van der Waals surface area contributed by atoms with E-state index in [2.05, 4.69) is 22.2 Å². The van der Waals surface area contributed by atoms with Crippen LogP contribution >= 0.6 is 7.92 Å². The normalized spacial score (nSPS) is 31.6. The zero-order chi connectivity index (χ0) is 26.6. The Morgan fingerprint density at radius 3 is 2.38 bits per heavy atom. The van der Waals surface area contributed by atoms with E-state index in [1.54, 1.807) is 0 Å². The summed E-state index contributed by atoms with van der Waals surface area (Å²) in [5, 5.41) is 3.42. The van der Waals surface area contributed by atoms with Gasteiger partial charge in [0, 0.05) is 23.9 Å². The van der Waals surface area contributed by atoms with Crippen molar-refractivity contribution in [3.05, 3.63) is 60.4 Å². The van der Waals surface area contributed by atoms with Gasteiger partial charge in [-0.05, 0) is 63.8 Å². The summed E-state index contributed by atoms with van der Waals surface area (Å²) < 4.78 is 58.4. The van der Waals surface area contributed by atoms with E-state index in [1.165, 1.54) is 12.7 Å². The van der Waals surface area contributed by atoms with Gasteiger partial charge in [-0.15, -0.1) is 0 Å². The molecule has 3 fully saturated rings. The maximum Gasteiger partial charge on any atom is 0.454 e. The third kappa shape index (κ3) is 7.55. The maximum atomic E-state index is 13.5. The fourth-order valence-electron chi connectivity index (χ4n) is 5.83. The molecule has 0 amide bonds. The fourth-order valence-corrected chi connectivity index (χ4v) is 8.62. The van der Waals surface area contributed by atoms with E-state index >= 15 is 0 Å². The number of ether oxygens (including phenoxy) is 1. The second-order valence-corrected chi connectivity index (χ2v) is 12.7. The van der Waals surface area contributed by atoms with Crippen molar-refractivity contribution in [2.24, 2.45) is 17.8 Å². The average Bonchev–Trinajstić information content (AvgIpc) is 3.36. The second-order valence-electron chi connectivity index (χ2n) is 10.4. The lowest BCUT2D eigenvalue weighted by atomic mass is 9.98. The second kappa shape index (κ2) is 12.3. The summed E-state index contributed by atoms with van der Waals surface area (Å²) in [5.41, 5.74) is -1.07. The van der Waals surface area contributed by atoms with Gasteiger partial charge in [0.1, 0.15) is 6.33 Å². The molecule has 1 saturated heterocycles. The van der Waals surface area contributed by atoms with Crippen LogP contribution in [0, 0.1) is 23.6 Å². The third-order valence-corrected chi connectivity index (χ3v) is 10.7. The van der Waals surface area contributed by atoms with E-state index in [0.717, 1.165) is 48.6 Å². The largest absolute Gasteiger partial charge is 0.454 e. The average molecular weight is 540 g/mol. The summed E-state index contributed by atoms with van der Waals surface area (Å²) in [5.74, 6) is 2.00. The number of carbonyl (C=O) groups is 1. The third-order valence-electron chi connectivity index (χ3n) is 7.81. The van der Waals surface area contributed by atoms with E-state index in [-0.39, 0.29) is 30.0 Å². The molecule has 1 aromatic carbocycles. The first-order valence-electron chi connectivity index (χ1n) is 12.8. The topological polar surface area (TPSA) is 64.1 Å². The van der Waals surface area contributed by atoms with Crippen molar-refractivity contribution in [1.29, 1.82) is 0 Å². The van der Waals surface area contributed by atoms with Crippen LogP contribution in [0.25, 0.3) is 0 Å². The molecule has 2 aromatic rings. The molecule has 2 aliphatic carbocycles. The van der Waals surface area contributed by atoms with E-state index < -0.39 is 25.4 Å². The van der Waals surface area contributed by atoms with Gasteiger partial charge in [-0.25, -0.2) is 14.4 Å². The van der Waals surface area contributed by atoms with Crippen LogP contribution in [0.15, 0.2) is 49.1 Å². The van der Waals surface area contributed by atoms with E-state index in [4.69, 9.17) is 4.74 Å². The molecule has 0 bridgehead atoms. The molecule has 7 unspecified atom stereocenters. The highest BCUT2D eigenvalue weighted by molar-refractivity contribution is 7.75. The van der Waals surface area contributed by atoms with Crippen LogP contribution in [0.2, 0.25) is 0 Å². The van der Waals surface area contributed by atoms with E-state index in [1.807, 2.05) is 37.3 Å². The number of carbonyl (C=O) groups excluding carboxylic acids is 1. The zero-order valence-corrected chi connectivity index (χ0v) is 22.0. The molecule has 5 nitrogen and oxygen atoms in total. The molecule has 1 aliphatic heterocycles. The number of rotatable bonds is 7. The Kier molecular flexibility index (Phi) is 9.30. The van der Waals surface area contributed by atoms with Gasteiger partial charge in [-0.1, -0.05) is 37.3 Å². The Morgan fingerprint density at radius 2 is 1.78 bits per heavy atom. The molecular weight excluding hydrogens is 505 g/mol. The summed E-state index contributed by atoms with van der Waals surface area (Å²) in [4.78, 5) is 19.2. The number of nitrogens with zero attached hydrogens (tertiary/aromatic N) is 2. The molecule has 1 N–H and O–H groups in total. The molecule has 37 heavy (non-hydrogen) atoms. The first-order chi connectivity index (χ1) is 17.6. The number of aromatic nitrogens is 2. The molecule has 2 heterocycles. The van der Waals surface area contributed by atoms with Crippen LogP contribution < -0.4 is 5.32 Å². The molecule has 202 valence electrons. The zero-order valence-electron chi connectivity index (χ0n) is 21.1. The van der Waals surface area contributed by atoms with Gasteiger partial charge in [0.2, 0.25) is 0 Å². The van der Waals surface area contributed by atoms with Gasteiger partial charge in [0.05, 0.1) is 25.1 Å². The Labute approximate surface area is 216 Å². The monoisotopic (exact) mass is 539 g/mol. The molecule has 1 aromatic heterocycles. The minimum atomic E-state index is -4.79. The Morgan fingerprint density at radius 1 is 1.08 bits per heavy atom. The fraction of sp³-hybridized carbons (Fsp3) is 0.593. The number of fused-ring (bicyclic) bond motifs is 1. The van der Waals surface area contributed by atoms with Crippen LogP contribution in [-0.4, -0.2) is 52.1 Å². The van der Waals surface area contributed by atoms with E-state index in [0.29, 0.717) is 13.0 Å². The highest BCUT2D eigenvalue weighted by Gasteiger charge is 2.51. The van der Waals surface area contributed by atoms with Crippen LogP contribution in [-0.2, 0) is 15.7 Å². The number of nitrogens with one attached hydrogen (secondary N) is 1. The van der Waals surface area contributed by atoms with Crippen LogP contribution in [0.4, 0.5) is 17.6 Å². The Balaban J connectivity index is 0.000000396. The number of benzene rings is 1. The van der Waals surface area contributed by atoms with Gasteiger partial charge >= 0.3 is 6.18 Å². The minimum absolute atomic E-state index is 0.0876. The lowest BCUT2D eigenvalue weighted by molar-refractivity contribution is -0.161. The van der Waals surface area contributed by atoms with Crippen LogP contribution in [0.3, 0.4) is 0 Å². The molecule has 3 aliphatic rings. The molecule has 2 saturated carbocycles. The molecule has 10 heteroatoms. The smallest absolute Gasteiger partial charge is 0.377 e. The highest BCUT2D eigenvalue weighted by Crippen LogP contribution is 2.56. The maximum absolute atomic E-state index is 13.5. The summed E-state index contributed by atoms with van der Waals surface area (Å²) >= 11 is 0. The summed E-state index contributed by atoms with van der Waals surface area (Å²) in [7, 11) is -1.90. The first kappa shape index (κ1) is 28.1. The van der Waals surface area contributed by atoms with Crippen LogP contribution in [0.1, 0.15) is 45.1 Å². The SMILES string of the molecule is CC1CC(P(Cc2ccccc2)C(=O)C(F)(F)F)C(COC2CCC3C(C2)[C@@H]3C)N1.Fc1cncnc1. The van der Waals surface area contributed by atoms with Gasteiger partial charge in [0.15, 0.2) is 5.82 Å². The number of alkyl halides is 3. The lowest BCUT2D eigenvalue weighted by Gasteiger charge is -2.30. The van der Waals surface area contributed by atoms with Gasteiger partial charge in [-0.2, -0.15) is 13.2 Å². The van der Waals surface area contributed by atoms with Crippen molar-refractivity contribution >= 4 is 13.4 Å². The summed E-state index contributed by atoms with van der Waals surface area (Å²) in [6, 6.07) is 8.97. The summed E-state index contributed by atoms with van der Waals surface area (Å²) in [6.07, 6.45) is 2.96. The Bertz CT molecular complexity index is 1010. The van der Waals surface area contributed by atoms with Crippen LogP contribution in [0.5, 0.6) is 0 Å². The lowest BCUT2D eigenvalue weighted by Crippen LogP contribution is -2.39. The molecular formula is C27H34F4N3O2P. The van der Waals surface area contributed by atoms with Gasteiger partial charge < -0.3 is 10.1 Å². The quantitative estimate of drug-likeness (QED) is 0.348. The number of hydrogen-bond acceptors (Lipinski definition) is 5. The van der Waals surface area contributed by atoms with Crippen molar-refractivity contribution in [3.8, 4) is 0 Å². The number of halogens is 4. The first-order valence-corrected chi connectivity index (χ1v) is 14.4. The van der Waals surface area contributed by atoms with Crippen molar-refractivity contribution in [1.82, 2.24) is 15.3 Å². The molecule has 5 rings (SSSR count). The minimum Gasteiger partial charge on any atom is -0.377 e. The van der Waals surface area contributed by atoms with Gasteiger partial charge in [-0.3, -0.25) is 4.79 Å². The van der Waals surface area contributed by atoms with Crippen molar-refractivity contribution in [2.75, 3.05) is 6.61 Å². The number of hydrogen-bond donors (Lipinski definition) is 1. The van der Waals surface area contributed by atoms with Crippen molar-refractivity contribution in [3.63, 3.8) is 0 Å². The van der Waals surface area contributed by atoms with Crippen molar-refractivity contribution in [2.45, 2.75) is 75.7 Å². The van der Waals surface area contributed by atoms with Crippen molar-refractivity contribution < 1.29 is 27.1 Å². The molecule has 0 spiro atoms.